The molecule has 0 aromatic heterocycles. The van der Waals surface area contributed by atoms with Gasteiger partial charge >= 0.3 is 0 Å². The zero-order valence-electron chi connectivity index (χ0n) is 19.6. The first-order chi connectivity index (χ1) is 15.1. The zero-order chi connectivity index (χ0) is 22.3. The summed E-state index contributed by atoms with van der Waals surface area (Å²) in [6, 6.07) is 0. The molecule has 2 aliphatic rings. The Morgan fingerprint density at radius 1 is 0.871 bits per heavy atom. The van der Waals surface area contributed by atoms with Crippen molar-refractivity contribution in [3.8, 4) is 11.5 Å². The molecule has 0 fully saturated rings. The lowest BCUT2D eigenvalue weighted by Gasteiger charge is -2.23. The predicted octanol–water partition coefficient (Wildman–Crippen LogP) is 6.45. The van der Waals surface area contributed by atoms with Gasteiger partial charge in [0.25, 0.3) is 0 Å². The Kier molecular flexibility index (Phi) is 12.9. The number of hydrogen-bond acceptors (Lipinski definition) is 6. The van der Waals surface area contributed by atoms with Crippen molar-refractivity contribution in [3.63, 3.8) is 0 Å². The molecular formula is C24H43N5OS. The lowest BCUT2D eigenvalue weighted by Crippen LogP contribution is -2.23. The molecule has 7 heteroatoms. The van der Waals surface area contributed by atoms with E-state index >= 15 is 0 Å². The molecule has 2 rings (SSSR count). The number of unbranched alkanes of at least 4 members (excludes halogenated alkanes) is 13. The summed E-state index contributed by atoms with van der Waals surface area (Å²) in [5.74, 6) is 1.99. The van der Waals surface area contributed by atoms with Gasteiger partial charge in [-0.2, -0.15) is 11.8 Å². The van der Waals surface area contributed by atoms with Crippen LogP contribution in [-0.4, -0.2) is 35.6 Å². The number of aromatic nitrogens is 4. The Morgan fingerprint density at radius 3 is 2.00 bits per heavy atom. The van der Waals surface area contributed by atoms with Gasteiger partial charge in [0.05, 0.1) is 0 Å². The number of nitrogens with zero attached hydrogens (tertiary/aromatic N) is 4. The summed E-state index contributed by atoms with van der Waals surface area (Å²) in [7, 11) is 0. The molecule has 6 nitrogen and oxygen atoms in total. The summed E-state index contributed by atoms with van der Waals surface area (Å²) in [5.41, 5.74) is 6.69. The third-order valence-corrected chi connectivity index (χ3v) is 7.28. The van der Waals surface area contributed by atoms with E-state index in [1.807, 2.05) is 6.92 Å². The van der Waals surface area contributed by atoms with Gasteiger partial charge in [0.1, 0.15) is 30.4 Å². The molecule has 0 aromatic carbocycles. The zero-order valence-corrected chi connectivity index (χ0v) is 20.5. The van der Waals surface area contributed by atoms with E-state index in [0.29, 0.717) is 17.3 Å². The number of imidazole rings is 1. The minimum Gasteiger partial charge on any atom is -0.383 e. The average molecular weight is 450 g/mol. The van der Waals surface area contributed by atoms with E-state index in [2.05, 4.69) is 21.9 Å². The Bertz CT molecular complexity index is 680. The first kappa shape index (κ1) is 25.9. The van der Waals surface area contributed by atoms with Crippen LogP contribution in [0.5, 0.6) is 0 Å². The molecule has 31 heavy (non-hydrogen) atoms. The normalized spacial score (nSPS) is 13.6. The number of aliphatic hydroxyl groups excluding tert-OH is 1. The van der Waals surface area contributed by atoms with E-state index in [1.54, 1.807) is 22.7 Å². The van der Waals surface area contributed by atoms with E-state index in [0.717, 1.165) is 5.75 Å². The highest BCUT2D eigenvalue weighted by Crippen LogP contribution is 2.29. The Morgan fingerprint density at radius 2 is 1.42 bits per heavy atom. The fraction of sp³-hybridized carbons (Fsp3) is 0.792. The van der Waals surface area contributed by atoms with Crippen LogP contribution in [0, 0.1) is 0 Å². The summed E-state index contributed by atoms with van der Waals surface area (Å²) in [6.45, 7) is 4.31. The monoisotopic (exact) mass is 449 g/mol. The van der Waals surface area contributed by atoms with Crippen LogP contribution in [0.4, 0.5) is 5.82 Å². The largest absolute Gasteiger partial charge is 0.383 e. The van der Waals surface area contributed by atoms with Gasteiger partial charge in [-0.1, -0.05) is 90.4 Å². The molecule has 2 heterocycles. The third kappa shape index (κ3) is 9.36. The highest BCUT2D eigenvalue weighted by molar-refractivity contribution is 7.99. The first-order valence-electron chi connectivity index (χ1n) is 12.4. The number of anilines is 1. The first-order valence-corrected chi connectivity index (χ1v) is 13.4. The van der Waals surface area contributed by atoms with Crippen LogP contribution in [0.3, 0.4) is 0 Å². The van der Waals surface area contributed by atoms with Gasteiger partial charge in [-0.05, 0) is 19.1 Å². The Balaban J connectivity index is 1.46. The van der Waals surface area contributed by atoms with Gasteiger partial charge in [-0.25, -0.2) is 15.0 Å². The van der Waals surface area contributed by atoms with Crippen LogP contribution in [0.2, 0.25) is 0 Å². The number of fused-ring (bicyclic) bond motifs is 1. The van der Waals surface area contributed by atoms with Crippen LogP contribution in [0.25, 0.3) is 11.5 Å². The molecule has 0 aromatic rings. The molecule has 0 amide bonds. The van der Waals surface area contributed by atoms with Crippen LogP contribution in [0.15, 0.2) is 12.7 Å². The molecule has 3 N–H and O–H groups in total. The van der Waals surface area contributed by atoms with E-state index in [4.69, 9.17) is 5.73 Å². The molecule has 0 saturated heterocycles. The second kappa shape index (κ2) is 15.5. The number of nitrogen functional groups attached to an aromatic ring is 1. The summed E-state index contributed by atoms with van der Waals surface area (Å²) in [5, 5.41) is 10.7. The fourth-order valence-corrected chi connectivity index (χ4v) is 4.97. The average Bonchev–Trinajstić information content (AvgIpc) is 3.26. The topological polar surface area (TPSA) is 89.8 Å². The fourth-order valence-electron chi connectivity index (χ4n) is 3.93. The van der Waals surface area contributed by atoms with E-state index in [1.165, 1.54) is 96.2 Å². The molecule has 0 aliphatic carbocycles. The summed E-state index contributed by atoms with van der Waals surface area (Å²) >= 11 is 1.79. The molecule has 0 radical (unpaired) electrons. The number of nitrogens with two attached hydrogens (primary N) is 1. The maximum Gasteiger partial charge on any atom is 0.184 e. The maximum atomic E-state index is 10.7. The lowest BCUT2D eigenvalue weighted by atomic mass is 10.0. The van der Waals surface area contributed by atoms with Gasteiger partial charge < -0.3 is 10.8 Å². The van der Waals surface area contributed by atoms with Crippen molar-refractivity contribution in [2.75, 3.05) is 11.5 Å². The van der Waals surface area contributed by atoms with Gasteiger partial charge in [0.2, 0.25) is 0 Å². The molecule has 176 valence electrons. The summed E-state index contributed by atoms with van der Waals surface area (Å²) in [4.78, 5) is 12.4. The standard InChI is InChI=1S/C24H43N5OS/c1-3-4-5-6-7-8-9-10-11-12-13-14-15-16-17-31-20(2)24(30)29-19-28-23-21(22(29)25)26-18-27-23/h18-20,24,30H,3-17,25H2,1-2H3. The van der Waals surface area contributed by atoms with Gasteiger partial charge in [-0.15, -0.1) is 0 Å². The lowest BCUT2D eigenvalue weighted by molar-refractivity contribution is 0.106. The Labute approximate surface area is 193 Å². The highest BCUT2D eigenvalue weighted by atomic mass is 32.2. The summed E-state index contributed by atoms with van der Waals surface area (Å²) < 4.78 is 1.60. The molecule has 2 unspecified atom stereocenters. The minimum atomic E-state index is -0.717. The van der Waals surface area contributed by atoms with Crippen molar-refractivity contribution >= 4 is 17.6 Å². The van der Waals surface area contributed by atoms with E-state index in [-0.39, 0.29) is 5.25 Å². The number of aliphatic hydroxyl groups is 1. The SMILES string of the molecule is CCCCCCCCCCCCCCCCSC(C)C(O)n1cnc2ncnc-2c1N. The van der Waals surface area contributed by atoms with Crippen LogP contribution >= 0.6 is 11.8 Å². The van der Waals surface area contributed by atoms with Crippen molar-refractivity contribution in [2.45, 2.75) is 115 Å². The molecule has 0 bridgehead atoms. The van der Waals surface area contributed by atoms with Crippen LogP contribution in [0.1, 0.15) is 110 Å². The highest BCUT2D eigenvalue weighted by Gasteiger charge is 2.22. The summed E-state index contributed by atoms with van der Waals surface area (Å²) in [6.07, 6.45) is 21.5. The molecule has 0 spiro atoms. The van der Waals surface area contributed by atoms with Crippen molar-refractivity contribution in [3.05, 3.63) is 12.7 Å². The van der Waals surface area contributed by atoms with Crippen molar-refractivity contribution in [1.29, 1.82) is 0 Å². The van der Waals surface area contributed by atoms with Crippen molar-refractivity contribution in [2.24, 2.45) is 0 Å². The second-order valence-corrected chi connectivity index (χ2v) is 10.2. The Hall–Kier alpha value is -1.34. The second-order valence-electron chi connectivity index (χ2n) is 8.67. The van der Waals surface area contributed by atoms with Gasteiger partial charge in [0.15, 0.2) is 5.82 Å². The maximum absolute atomic E-state index is 10.7. The molecule has 2 atom stereocenters. The van der Waals surface area contributed by atoms with Crippen LogP contribution < -0.4 is 5.73 Å². The quantitative estimate of drug-likeness (QED) is 0.254. The van der Waals surface area contributed by atoms with Crippen molar-refractivity contribution in [1.82, 2.24) is 19.5 Å². The number of rotatable bonds is 18. The molecule has 0 saturated carbocycles. The number of thioether (sulfide) groups is 1. The smallest absolute Gasteiger partial charge is 0.184 e. The van der Waals surface area contributed by atoms with Gasteiger partial charge in [-0.3, -0.25) is 4.57 Å². The van der Waals surface area contributed by atoms with Gasteiger partial charge in [0, 0.05) is 5.25 Å². The predicted molar refractivity (Wildman–Crippen MR) is 132 cm³/mol. The van der Waals surface area contributed by atoms with E-state index in [9.17, 15) is 5.11 Å². The third-order valence-electron chi connectivity index (χ3n) is 5.99. The molecule has 2 aliphatic heterocycles. The van der Waals surface area contributed by atoms with E-state index < -0.39 is 6.23 Å². The minimum absolute atomic E-state index is 0.0384. The van der Waals surface area contributed by atoms with Crippen LogP contribution in [-0.2, 0) is 0 Å². The van der Waals surface area contributed by atoms with Crippen molar-refractivity contribution < 1.29 is 5.11 Å². The number of hydrogen-bond donors (Lipinski definition) is 2. The molecular weight excluding hydrogens is 406 g/mol.